The van der Waals surface area contributed by atoms with Gasteiger partial charge in [0.25, 0.3) is 0 Å². The number of aliphatic carboxylic acids is 6. The third-order valence-corrected chi connectivity index (χ3v) is 0.549. The van der Waals surface area contributed by atoms with Crippen molar-refractivity contribution in [2.45, 2.75) is 0 Å². The third-order valence-electron chi connectivity index (χ3n) is 0.549. The maximum Gasteiger partial charge on any atom is 0.414 e. The number of carbonyl (C=O) groups is 6. The summed E-state index contributed by atoms with van der Waals surface area (Å²) in [4.78, 5) is 54.6. The Bertz CT molecular complexity index is 287. The van der Waals surface area contributed by atoms with Crippen LogP contribution >= 0.6 is 0 Å². The van der Waals surface area contributed by atoms with Gasteiger partial charge in [-0.15, -0.1) is 0 Å². The van der Waals surface area contributed by atoms with Gasteiger partial charge in [0.2, 0.25) is 0 Å². The van der Waals surface area contributed by atoms with Crippen LogP contribution in [0.1, 0.15) is 0 Å². The molecule has 0 amide bonds. The molecule has 15 heteroatoms. The monoisotopic (exact) mass is 493 g/mol. The molecular weight excluding hydrogens is 489 g/mol. The van der Waals surface area contributed by atoms with Gasteiger partial charge in [-0.2, -0.15) is 0 Å². The van der Waals surface area contributed by atoms with E-state index in [9.17, 15) is 0 Å². The molecule has 6 N–H and O–H groups in total. The SMILES string of the molecule is O=C(O)C(=O)O.O=C(O)C(=O)O.O=C(O)C(=O)O.[Ag].[Ni].[Ni]. The Labute approximate surface area is 150 Å². The smallest absolute Gasteiger partial charge is 0.414 e. The van der Waals surface area contributed by atoms with E-state index in [-0.39, 0.29) is 55.4 Å². The number of hydrogen-bond acceptors (Lipinski definition) is 6. The van der Waals surface area contributed by atoms with Crippen LogP contribution in [0.25, 0.3) is 0 Å². The van der Waals surface area contributed by atoms with E-state index in [2.05, 4.69) is 0 Å². The Kier molecular flexibility index (Phi) is 36.4. The molecule has 0 aromatic heterocycles. The minimum absolute atomic E-state index is 0. The molecule has 0 aliphatic carbocycles. The molecule has 0 unspecified atom stereocenters. The summed E-state index contributed by atoms with van der Waals surface area (Å²) in [5, 5.41) is 44.3. The van der Waals surface area contributed by atoms with E-state index in [1.807, 2.05) is 0 Å². The van der Waals surface area contributed by atoms with Gasteiger partial charge in [0, 0.05) is 55.4 Å². The van der Waals surface area contributed by atoms with Crippen molar-refractivity contribution in [2.24, 2.45) is 0 Å². The van der Waals surface area contributed by atoms with Crippen molar-refractivity contribution in [3.05, 3.63) is 0 Å². The first-order chi connectivity index (χ1) is 7.93. The van der Waals surface area contributed by atoms with Gasteiger partial charge < -0.3 is 30.6 Å². The quantitative estimate of drug-likeness (QED) is 0.151. The summed E-state index contributed by atoms with van der Waals surface area (Å²) in [5.74, 6) is -10.9. The van der Waals surface area contributed by atoms with E-state index in [1.165, 1.54) is 0 Å². The van der Waals surface area contributed by atoms with Crippen LogP contribution in [0.3, 0.4) is 0 Å². The van der Waals surface area contributed by atoms with Crippen LogP contribution in [0.2, 0.25) is 0 Å². The molecule has 0 saturated heterocycles. The molecule has 0 fully saturated rings. The van der Waals surface area contributed by atoms with Gasteiger partial charge in [-0.1, -0.05) is 0 Å². The van der Waals surface area contributed by atoms with Crippen molar-refractivity contribution >= 4 is 35.8 Å². The van der Waals surface area contributed by atoms with Crippen molar-refractivity contribution in [1.29, 1.82) is 0 Å². The topological polar surface area (TPSA) is 224 Å². The van der Waals surface area contributed by atoms with E-state index < -0.39 is 35.8 Å². The number of carboxylic acid groups (broad SMARTS) is 6. The molecule has 0 bridgehead atoms. The fraction of sp³-hybridized carbons (Fsp3) is 0. The first kappa shape index (κ1) is 36.6. The Morgan fingerprint density at radius 2 is 0.429 bits per heavy atom. The fourth-order valence-corrected chi connectivity index (χ4v) is 0. The zero-order valence-corrected chi connectivity index (χ0v) is 12.5. The van der Waals surface area contributed by atoms with Crippen LogP contribution < -0.4 is 0 Å². The summed E-state index contributed by atoms with van der Waals surface area (Å²) in [6.07, 6.45) is 0. The van der Waals surface area contributed by atoms with E-state index in [4.69, 9.17) is 59.4 Å². The Balaban J connectivity index is -0.0000000375. The Hall–Kier alpha value is -1.45. The van der Waals surface area contributed by atoms with Crippen LogP contribution in [0.15, 0.2) is 0 Å². The van der Waals surface area contributed by atoms with Crippen LogP contribution in [-0.2, 0) is 84.1 Å². The average Bonchev–Trinajstić information content (AvgIpc) is 2.18. The van der Waals surface area contributed by atoms with Gasteiger partial charge >= 0.3 is 35.8 Å². The molecular formula is C6H6AgNi2O12. The van der Waals surface area contributed by atoms with Crippen molar-refractivity contribution in [2.75, 3.05) is 0 Å². The summed E-state index contributed by atoms with van der Waals surface area (Å²) >= 11 is 0. The molecule has 0 aliphatic rings. The van der Waals surface area contributed by atoms with E-state index in [0.717, 1.165) is 0 Å². The second-order valence-electron chi connectivity index (χ2n) is 1.83. The van der Waals surface area contributed by atoms with Gasteiger partial charge in [0.15, 0.2) is 0 Å². The maximum absolute atomic E-state index is 9.10. The van der Waals surface area contributed by atoms with Gasteiger partial charge in [0.05, 0.1) is 0 Å². The predicted molar refractivity (Wildman–Crippen MR) is 45.8 cm³/mol. The largest absolute Gasteiger partial charge is 0.473 e. The molecule has 133 valence electrons. The van der Waals surface area contributed by atoms with Gasteiger partial charge in [-0.3, -0.25) is 0 Å². The standard InChI is InChI=1S/3C2H2O4.Ag.2Ni/c3*3-1(4)2(5)6;;;/h3*(H,3,4)(H,5,6);;;. The zero-order valence-electron chi connectivity index (χ0n) is 9.07. The van der Waals surface area contributed by atoms with Crippen LogP contribution in [-0.4, -0.2) is 66.5 Å². The summed E-state index contributed by atoms with van der Waals surface area (Å²) < 4.78 is 0. The molecule has 0 aromatic carbocycles. The molecule has 0 heterocycles. The van der Waals surface area contributed by atoms with Crippen molar-refractivity contribution in [1.82, 2.24) is 0 Å². The number of carboxylic acids is 6. The van der Waals surface area contributed by atoms with E-state index in [1.54, 1.807) is 0 Å². The normalized spacial score (nSPS) is 6.29. The second-order valence-corrected chi connectivity index (χ2v) is 1.83. The predicted octanol–water partition coefficient (Wildman–Crippen LogP) is -2.54. The first-order valence-corrected chi connectivity index (χ1v) is 3.32. The molecule has 1 radical (unpaired) electrons. The first-order valence-electron chi connectivity index (χ1n) is 3.32. The van der Waals surface area contributed by atoms with Gasteiger partial charge in [-0.05, 0) is 0 Å². The Morgan fingerprint density at radius 1 is 0.381 bits per heavy atom. The van der Waals surface area contributed by atoms with E-state index >= 15 is 0 Å². The van der Waals surface area contributed by atoms with Crippen molar-refractivity contribution in [3.8, 4) is 0 Å². The average molecular weight is 495 g/mol. The van der Waals surface area contributed by atoms with Crippen molar-refractivity contribution < 1.29 is 115 Å². The second kappa shape index (κ2) is 20.9. The maximum atomic E-state index is 9.10. The van der Waals surface area contributed by atoms with Crippen LogP contribution in [0.4, 0.5) is 0 Å². The molecule has 0 rings (SSSR count). The minimum atomic E-state index is -1.82. The summed E-state index contributed by atoms with van der Waals surface area (Å²) in [7, 11) is 0. The zero-order chi connectivity index (χ0) is 15.5. The molecule has 21 heavy (non-hydrogen) atoms. The van der Waals surface area contributed by atoms with Crippen LogP contribution in [0.5, 0.6) is 0 Å². The minimum Gasteiger partial charge on any atom is -0.473 e. The number of rotatable bonds is 0. The number of hydrogen-bond donors (Lipinski definition) is 6. The van der Waals surface area contributed by atoms with E-state index in [0.29, 0.717) is 0 Å². The summed E-state index contributed by atoms with van der Waals surface area (Å²) in [6.45, 7) is 0. The summed E-state index contributed by atoms with van der Waals surface area (Å²) in [6, 6.07) is 0. The fourth-order valence-electron chi connectivity index (χ4n) is 0. The van der Waals surface area contributed by atoms with Gasteiger partial charge in [-0.25, -0.2) is 28.8 Å². The molecule has 0 spiro atoms. The summed E-state index contributed by atoms with van der Waals surface area (Å²) in [5.41, 5.74) is 0. The van der Waals surface area contributed by atoms with Gasteiger partial charge in [0.1, 0.15) is 0 Å². The third kappa shape index (κ3) is 45.7. The van der Waals surface area contributed by atoms with Crippen LogP contribution in [0, 0.1) is 0 Å². The molecule has 12 nitrogen and oxygen atoms in total. The molecule has 0 saturated carbocycles. The Morgan fingerprint density at radius 3 is 0.429 bits per heavy atom. The molecule has 0 aromatic rings. The molecule has 0 aliphatic heterocycles. The molecule has 0 atom stereocenters. The van der Waals surface area contributed by atoms with Crippen molar-refractivity contribution in [3.63, 3.8) is 0 Å².